The lowest BCUT2D eigenvalue weighted by molar-refractivity contribution is -0.140. The summed E-state index contributed by atoms with van der Waals surface area (Å²) in [5.41, 5.74) is -0.448. The van der Waals surface area contributed by atoms with E-state index in [4.69, 9.17) is 4.74 Å². The average molecular weight is 259 g/mol. The minimum Gasteiger partial charge on any atom is -0.385 e. The van der Waals surface area contributed by atoms with Crippen LogP contribution in [0.15, 0.2) is 18.5 Å². The van der Waals surface area contributed by atoms with Crippen molar-refractivity contribution in [2.24, 2.45) is 0 Å². The zero-order valence-corrected chi connectivity index (χ0v) is 9.74. The second-order valence-corrected chi connectivity index (χ2v) is 3.81. The Morgan fingerprint density at radius 1 is 1.39 bits per heavy atom. The van der Waals surface area contributed by atoms with Crippen molar-refractivity contribution in [3.05, 3.63) is 24.2 Å². The van der Waals surface area contributed by atoms with E-state index in [0.717, 1.165) is 0 Å². The molecular formula is C11H12F3N3O. The van der Waals surface area contributed by atoms with E-state index < -0.39 is 11.9 Å². The number of alkyl halides is 3. The molecule has 0 bridgehead atoms. The summed E-state index contributed by atoms with van der Waals surface area (Å²) in [5.74, 6) is 0. The van der Waals surface area contributed by atoms with Crippen LogP contribution in [-0.4, -0.2) is 28.5 Å². The van der Waals surface area contributed by atoms with Gasteiger partial charge in [-0.1, -0.05) is 0 Å². The highest BCUT2D eigenvalue weighted by Gasteiger charge is 2.36. The third kappa shape index (κ3) is 2.45. The molecule has 0 radical (unpaired) electrons. The van der Waals surface area contributed by atoms with Crippen LogP contribution < -0.4 is 0 Å². The first kappa shape index (κ1) is 12.8. The third-order valence-electron chi connectivity index (χ3n) is 2.54. The van der Waals surface area contributed by atoms with Gasteiger partial charge in [-0.2, -0.15) is 18.3 Å². The molecule has 0 atom stereocenters. The molecule has 0 aliphatic carbocycles. The van der Waals surface area contributed by atoms with Gasteiger partial charge in [0.15, 0.2) is 5.69 Å². The van der Waals surface area contributed by atoms with E-state index in [9.17, 15) is 13.2 Å². The molecule has 0 unspecified atom stereocenters. The highest BCUT2D eigenvalue weighted by Crippen LogP contribution is 2.33. The van der Waals surface area contributed by atoms with Gasteiger partial charge in [-0.05, 0) is 12.5 Å². The monoisotopic (exact) mass is 259 g/mol. The van der Waals surface area contributed by atoms with Crippen LogP contribution in [0.2, 0.25) is 0 Å². The lowest BCUT2D eigenvalue weighted by Crippen LogP contribution is -2.09. The normalized spacial score (nSPS) is 12.2. The highest BCUT2D eigenvalue weighted by molar-refractivity contribution is 5.81. The summed E-state index contributed by atoms with van der Waals surface area (Å²) in [6.07, 6.45) is -1.21. The summed E-state index contributed by atoms with van der Waals surface area (Å²) in [6.45, 7) is 0.859. The Labute approximate surface area is 101 Å². The molecule has 0 fully saturated rings. The average Bonchev–Trinajstić information content (AvgIpc) is 2.69. The fourth-order valence-corrected chi connectivity index (χ4v) is 1.76. The largest absolute Gasteiger partial charge is 0.435 e. The van der Waals surface area contributed by atoms with Crippen molar-refractivity contribution in [1.82, 2.24) is 14.8 Å². The Kier molecular flexibility index (Phi) is 3.51. The quantitative estimate of drug-likeness (QED) is 0.792. The van der Waals surface area contributed by atoms with Crippen molar-refractivity contribution in [3.63, 3.8) is 0 Å². The molecule has 0 saturated heterocycles. The van der Waals surface area contributed by atoms with E-state index in [2.05, 4.69) is 10.1 Å². The van der Waals surface area contributed by atoms with E-state index in [0.29, 0.717) is 25.1 Å². The molecule has 2 rings (SSSR count). The molecule has 2 heterocycles. The van der Waals surface area contributed by atoms with Gasteiger partial charge in [-0.25, -0.2) is 0 Å². The number of ether oxygens (including phenoxy) is 1. The maximum atomic E-state index is 12.8. The van der Waals surface area contributed by atoms with Crippen LogP contribution in [0.1, 0.15) is 12.1 Å². The summed E-state index contributed by atoms with van der Waals surface area (Å²) >= 11 is 0. The maximum absolute atomic E-state index is 12.8. The summed E-state index contributed by atoms with van der Waals surface area (Å²) in [4.78, 5) is 3.72. The number of halogens is 3. The number of hydrogen-bond acceptors (Lipinski definition) is 3. The molecule has 2 aromatic heterocycles. The lowest BCUT2D eigenvalue weighted by Gasteiger charge is -2.03. The number of aryl methyl sites for hydroxylation is 1. The second-order valence-electron chi connectivity index (χ2n) is 3.81. The minimum atomic E-state index is -4.46. The van der Waals surface area contributed by atoms with Crippen LogP contribution in [0.5, 0.6) is 0 Å². The predicted octanol–water partition coefficient (Wildman–Crippen LogP) is 2.49. The predicted molar refractivity (Wildman–Crippen MR) is 59.0 cm³/mol. The highest BCUT2D eigenvalue weighted by atomic mass is 19.4. The summed E-state index contributed by atoms with van der Waals surface area (Å²) in [7, 11) is 1.55. The van der Waals surface area contributed by atoms with Gasteiger partial charge in [0.05, 0.1) is 10.9 Å². The molecule has 0 spiro atoms. The molecule has 0 aliphatic rings. The van der Waals surface area contributed by atoms with Crippen LogP contribution in [0.3, 0.4) is 0 Å². The van der Waals surface area contributed by atoms with Crippen molar-refractivity contribution in [2.45, 2.75) is 19.1 Å². The Morgan fingerprint density at radius 3 is 2.83 bits per heavy atom. The van der Waals surface area contributed by atoms with E-state index in [-0.39, 0.29) is 5.39 Å². The van der Waals surface area contributed by atoms with Gasteiger partial charge < -0.3 is 4.74 Å². The third-order valence-corrected chi connectivity index (χ3v) is 2.54. The van der Waals surface area contributed by atoms with E-state index in [1.807, 2.05) is 0 Å². The molecule has 18 heavy (non-hydrogen) atoms. The van der Waals surface area contributed by atoms with Crippen molar-refractivity contribution >= 4 is 10.9 Å². The molecule has 2 aromatic rings. The molecule has 7 heteroatoms. The number of rotatable bonds is 4. The van der Waals surface area contributed by atoms with Gasteiger partial charge in [0, 0.05) is 32.7 Å². The van der Waals surface area contributed by atoms with Crippen LogP contribution in [0.4, 0.5) is 13.2 Å². The molecule has 98 valence electrons. The fraction of sp³-hybridized carbons (Fsp3) is 0.455. The van der Waals surface area contributed by atoms with Crippen molar-refractivity contribution in [3.8, 4) is 0 Å². The van der Waals surface area contributed by atoms with Crippen molar-refractivity contribution in [1.29, 1.82) is 0 Å². The maximum Gasteiger partial charge on any atom is 0.435 e. The molecule has 0 N–H and O–H groups in total. The Morgan fingerprint density at radius 2 is 2.17 bits per heavy atom. The van der Waals surface area contributed by atoms with Gasteiger partial charge in [-0.15, -0.1) is 0 Å². The van der Waals surface area contributed by atoms with Gasteiger partial charge in [0.25, 0.3) is 0 Å². The van der Waals surface area contributed by atoms with Crippen LogP contribution in [0.25, 0.3) is 10.9 Å². The topological polar surface area (TPSA) is 39.9 Å². The Hall–Kier alpha value is -1.63. The van der Waals surface area contributed by atoms with Crippen molar-refractivity contribution < 1.29 is 17.9 Å². The van der Waals surface area contributed by atoms with Gasteiger partial charge in [0.2, 0.25) is 0 Å². The lowest BCUT2D eigenvalue weighted by atomic mass is 10.2. The van der Waals surface area contributed by atoms with E-state index in [1.54, 1.807) is 7.11 Å². The Balaban J connectivity index is 2.41. The number of hydrogen-bond donors (Lipinski definition) is 0. The van der Waals surface area contributed by atoms with Crippen molar-refractivity contribution in [2.75, 3.05) is 13.7 Å². The number of aromatic nitrogens is 3. The zero-order valence-electron chi connectivity index (χ0n) is 9.74. The molecule has 0 aliphatic heterocycles. The number of pyridine rings is 1. The van der Waals surface area contributed by atoms with Gasteiger partial charge in [-0.3, -0.25) is 9.67 Å². The Bertz CT molecular complexity index is 536. The van der Waals surface area contributed by atoms with Gasteiger partial charge >= 0.3 is 6.18 Å². The number of methoxy groups -OCH3 is 1. The second kappa shape index (κ2) is 4.93. The molecular weight excluding hydrogens is 247 g/mol. The first-order valence-corrected chi connectivity index (χ1v) is 5.40. The number of fused-ring (bicyclic) bond motifs is 1. The smallest absolute Gasteiger partial charge is 0.385 e. The summed E-state index contributed by atoms with van der Waals surface area (Å²) in [5, 5.41) is 3.66. The minimum absolute atomic E-state index is 0.0300. The van der Waals surface area contributed by atoms with E-state index >= 15 is 0 Å². The van der Waals surface area contributed by atoms with E-state index in [1.165, 1.54) is 23.1 Å². The van der Waals surface area contributed by atoms with Gasteiger partial charge in [0.1, 0.15) is 0 Å². The van der Waals surface area contributed by atoms with Crippen LogP contribution in [-0.2, 0) is 17.5 Å². The standard InChI is InChI=1S/C11H12F3N3O/c1-18-6-2-5-17-9-3-4-15-7-8(9)10(16-17)11(12,13)14/h3-4,7H,2,5-6H2,1H3. The first-order valence-electron chi connectivity index (χ1n) is 5.40. The van der Waals surface area contributed by atoms with Crippen LogP contribution in [0, 0.1) is 0 Å². The summed E-state index contributed by atoms with van der Waals surface area (Å²) < 4.78 is 44.6. The zero-order chi connectivity index (χ0) is 13.2. The van der Waals surface area contributed by atoms with Crippen LogP contribution >= 0.6 is 0 Å². The molecule has 0 saturated carbocycles. The number of nitrogens with zero attached hydrogens (tertiary/aromatic N) is 3. The first-order chi connectivity index (χ1) is 8.54. The summed E-state index contributed by atoms with van der Waals surface area (Å²) in [6, 6.07) is 1.53. The fourth-order valence-electron chi connectivity index (χ4n) is 1.76. The molecule has 0 aromatic carbocycles. The SMILES string of the molecule is COCCCn1nc(C(F)(F)F)c2cnccc21. The molecule has 4 nitrogen and oxygen atoms in total. The molecule has 0 amide bonds.